The number of methoxy groups -OCH3 is 2. The highest BCUT2D eigenvalue weighted by atomic mass is 16.5. The Bertz CT molecular complexity index is 1020. The number of aromatic hydroxyl groups is 1. The zero-order valence-corrected chi connectivity index (χ0v) is 17.3. The van der Waals surface area contributed by atoms with Crippen molar-refractivity contribution >= 4 is 11.8 Å². The molecule has 156 valence electrons. The molecule has 7 nitrogen and oxygen atoms in total. The molecule has 1 heterocycles. The van der Waals surface area contributed by atoms with Gasteiger partial charge in [0.15, 0.2) is 11.5 Å². The molecule has 0 saturated heterocycles. The summed E-state index contributed by atoms with van der Waals surface area (Å²) in [5.41, 5.74) is 2.91. The standard InChI is InChI=1S/C23H25N3O4/c1-4-6-18(15-7-5-8-17(11-15)23(28)30-3)25-22-14-24-13-19(26-22)16-9-10-20(27)21(12-16)29-2/h5,7-14,18,27H,4,6H2,1-3H3,(H,25,26). The van der Waals surface area contributed by atoms with Gasteiger partial charge in [-0.1, -0.05) is 25.5 Å². The monoisotopic (exact) mass is 407 g/mol. The first-order valence-electron chi connectivity index (χ1n) is 9.70. The molecule has 0 aliphatic rings. The van der Waals surface area contributed by atoms with E-state index in [1.165, 1.54) is 14.2 Å². The van der Waals surface area contributed by atoms with Gasteiger partial charge in [0.2, 0.25) is 0 Å². The van der Waals surface area contributed by atoms with Crippen LogP contribution in [0.2, 0.25) is 0 Å². The molecule has 1 aromatic heterocycles. The van der Waals surface area contributed by atoms with Crippen molar-refractivity contribution < 1.29 is 19.4 Å². The number of rotatable bonds is 8. The van der Waals surface area contributed by atoms with Crippen molar-refractivity contribution in [3.05, 3.63) is 66.0 Å². The van der Waals surface area contributed by atoms with Gasteiger partial charge in [-0.05, 0) is 42.3 Å². The van der Waals surface area contributed by atoms with Crippen LogP contribution in [-0.2, 0) is 4.74 Å². The van der Waals surface area contributed by atoms with Gasteiger partial charge in [0, 0.05) is 5.56 Å². The molecule has 0 spiro atoms. The lowest BCUT2D eigenvalue weighted by molar-refractivity contribution is 0.0600. The third-order valence-electron chi connectivity index (χ3n) is 4.72. The van der Waals surface area contributed by atoms with E-state index in [1.54, 1.807) is 36.7 Å². The van der Waals surface area contributed by atoms with E-state index in [9.17, 15) is 9.90 Å². The van der Waals surface area contributed by atoms with E-state index in [4.69, 9.17) is 9.47 Å². The Kier molecular flexibility index (Phi) is 6.85. The molecule has 2 N–H and O–H groups in total. The maximum atomic E-state index is 11.9. The summed E-state index contributed by atoms with van der Waals surface area (Å²) < 4.78 is 10.0. The minimum absolute atomic E-state index is 0.0430. The van der Waals surface area contributed by atoms with Crippen LogP contribution in [0.4, 0.5) is 5.82 Å². The number of carbonyl (C=O) groups is 1. The van der Waals surface area contributed by atoms with Crippen molar-refractivity contribution in [2.24, 2.45) is 0 Å². The fourth-order valence-corrected chi connectivity index (χ4v) is 3.20. The molecule has 2 aromatic carbocycles. The molecule has 0 radical (unpaired) electrons. The van der Waals surface area contributed by atoms with Crippen molar-refractivity contribution in [2.45, 2.75) is 25.8 Å². The number of phenols is 1. The Morgan fingerprint density at radius 2 is 2.00 bits per heavy atom. The SMILES string of the molecule is CCCC(Nc1cncc(-c2ccc(O)c(OC)c2)n1)c1cccc(C(=O)OC)c1. The largest absolute Gasteiger partial charge is 0.504 e. The van der Waals surface area contributed by atoms with E-state index < -0.39 is 0 Å². The van der Waals surface area contributed by atoms with Gasteiger partial charge < -0.3 is 19.9 Å². The molecule has 0 saturated carbocycles. The molecule has 1 atom stereocenters. The van der Waals surface area contributed by atoms with E-state index in [2.05, 4.69) is 22.2 Å². The molecule has 7 heteroatoms. The summed E-state index contributed by atoms with van der Waals surface area (Å²) >= 11 is 0. The van der Waals surface area contributed by atoms with E-state index in [1.807, 2.05) is 18.2 Å². The Morgan fingerprint density at radius 3 is 2.73 bits per heavy atom. The Labute approximate surface area is 175 Å². The normalized spacial score (nSPS) is 11.6. The van der Waals surface area contributed by atoms with Gasteiger partial charge in [-0.15, -0.1) is 0 Å². The minimum atomic E-state index is -0.366. The van der Waals surface area contributed by atoms with Crippen molar-refractivity contribution in [1.82, 2.24) is 9.97 Å². The topological polar surface area (TPSA) is 93.6 Å². The van der Waals surface area contributed by atoms with Crippen LogP contribution in [0.25, 0.3) is 11.3 Å². The summed E-state index contributed by atoms with van der Waals surface area (Å²) in [5, 5.41) is 13.2. The van der Waals surface area contributed by atoms with Gasteiger partial charge in [-0.3, -0.25) is 4.98 Å². The average molecular weight is 407 g/mol. The van der Waals surface area contributed by atoms with Crippen molar-refractivity contribution in [2.75, 3.05) is 19.5 Å². The van der Waals surface area contributed by atoms with Crippen molar-refractivity contribution in [3.8, 4) is 22.8 Å². The first-order valence-corrected chi connectivity index (χ1v) is 9.70. The van der Waals surface area contributed by atoms with Crippen LogP contribution in [0.5, 0.6) is 11.5 Å². The Balaban J connectivity index is 1.88. The van der Waals surface area contributed by atoms with Crippen molar-refractivity contribution in [3.63, 3.8) is 0 Å². The molecule has 0 aliphatic heterocycles. The first-order chi connectivity index (χ1) is 14.5. The number of carbonyl (C=O) groups excluding carboxylic acids is 1. The molecule has 0 bridgehead atoms. The number of phenolic OH excluding ortho intramolecular Hbond substituents is 1. The average Bonchev–Trinajstić information content (AvgIpc) is 2.79. The number of anilines is 1. The highest BCUT2D eigenvalue weighted by Gasteiger charge is 2.15. The molecular weight excluding hydrogens is 382 g/mol. The van der Waals surface area contributed by atoms with Crippen LogP contribution in [0.15, 0.2) is 54.9 Å². The van der Waals surface area contributed by atoms with Crippen LogP contribution < -0.4 is 10.1 Å². The van der Waals surface area contributed by atoms with Crippen LogP contribution in [0, 0.1) is 0 Å². The predicted octanol–water partition coefficient (Wildman–Crippen LogP) is 4.60. The summed E-state index contributed by atoms with van der Waals surface area (Å²) in [5.74, 6) is 0.685. The molecule has 0 fully saturated rings. The smallest absolute Gasteiger partial charge is 0.337 e. The van der Waals surface area contributed by atoms with Crippen LogP contribution in [0.1, 0.15) is 41.7 Å². The maximum absolute atomic E-state index is 11.9. The maximum Gasteiger partial charge on any atom is 0.337 e. The second-order valence-corrected chi connectivity index (χ2v) is 6.78. The van der Waals surface area contributed by atoms with Crippen LogP contribution in [0.3, 0.4) is 0 Å². The second kappa shape index (κ2) is 9.73. The van der Waals surface area contributed by atoms with Gasteiger partial charge in [-0.2, -0.15) is 0 Å². The third kappa shape index (κ3) is 4.86. The number of nitrogens with one attached hydrogen (secondary N) is 1. The zero-order valence-electron chi connectivity index (χ0n) is 17.3. The van der Waals surface area contributed by atoms with Gasteiger partial charge in [-0.25, -0.2) is 9.78 Å². The number of esters is 1. The van der Waals surface area contributed by atoms with E-state index >= 15 is 0 Å². The lowest BCUT2D eigenvalue weighted by atomic mass is 10.00. The quantitative estimate of drug-likeness (QED) is 0.527. The minimum Gasteiger partial charge on any atom is -0.504 e. The van der Waals surface area contributed by atoms with Crippen LogP contribution in [-0.4, -0.2) is 35.3 Å². The third-order valence-corrected chi connectivity index (χ3v) is 4.72. The number of aromatic nitrogens is 2. The van der Waals surface area contributed by atoms with Gasteiger partial charge in [0.1, 0.15) is 5.82 Å². The van der Waals surface area contributed by atoms with Gasteiger partial charge in [0.05, 0.1) is 43.9 Å². The predicted molar refractivity (Wildman–Crippen MR) is 115 cm³/mol. The molecule has 1 unspecified atom stereocenters. The molecule has 3 rings (SSSR count). The molecule has 0 amide bonds. The Morgan fingerprint density at radius 1 is 1.17 bits per heavy atom. The lowest BCUT2D eigenvalue weighted by Gasteiger charge is -2.20. The first kappa shape index (κ1) is 21.1. The molecule has 3 aromatic rings. The number of hydrogen-bond donors (Lipinski definition) is 2. The summed E-state index contributed by atoms with van der Waals surface area (Å²) in [7, 11) is 2.87. The summed E-state index contributed by atoms with van der Waals surface area (Å²) in [4.78, 5) is 20.9. The summed E-state index contributed by atoms with van der Waals surface area (Å²) in [6.07, 6.45) is 5.11. The van der Waals surface area contributed by atoms with Crippen LogP contribution >= 0.6 is 0 Å². The number of ether oxygens (including phenoxy) is 2. The summed E-state index contributed by atoms with van der Waals surface area (Å²) in [6, 6.07) is 12.4. The van der Waals surface area contributed by atoms with E-state index in [-0.39, 0.29) is 17.8 Å². The summed E-state index contributed by atoms with van der Waals surface area (Å²) in [6.45, 7) is 2.10. The lowest BCUT2D eigenvalue weighted by Crippen LogP contribution is -2.13. The van der Waals surface area contributed by atoms with Gasteiger partial charge >= 0.3 is 5.97 Å². The molecule has 0 aliphatic carbocycles. The Hall–Kier alpha value is -3.61. The zero-order chi connectivity index (χ0) is 21.5. The van der Waals surface area contributed by atoms with Gasteiger partial charge in [0.25, 0.3) is 0 Å². The number of benzene rings is 2. The van der Waals surface area contributed by atoms with E-state index in [0.717, 1.165) is 24.0 Å². The molecular formula is C23H25N3O4. The highest BCUT2D eigenvalue weighted by Crippen LogP contribution is 2.31. The number of nitrogens with zero attached hydrogens (tertiary/aromatic N) is 2. The second-order valence-electron chi connectivity index (χ2n) is 6.78. The number of hydrogen-bond acceptors (Lipinski definition) is 7. The highest BCUT2D eigenvalue weighted by molar-refractivity contribution is 5.89. The van der Waals surface area contributed by atoms with Crippen molar-refractivity contribution in [1.29, 1.82) is 0 Å². The molecule has 30 heavy (non-hydrogen) atoms. The fraction of sp³-hybridized carbons (Fsp3) is 0.261. The fourth-order valence-electron chi connectivity index (χ4n) is 3.20. The van der Waals surface area contributed by atoms with E-state index in [0.29, 0.717) is 22.8 Å².